The molecule has 0 aliphatic rings. The zero-order valence-corrected chi connectivity index (χ0v) is 9.51. The van der Waals surface area contributed by atoms with Gasteiger partial charge in [-0.3, -0.25) is 0 Å². The maximum atomic E-state index is 13.4. The first-order valence-corrected chi connectivity index (χ1v) is 5.47. The molecule has 0 fully saturated rings. The van der Waals surface area contributed by atoms with Gasteiger partial charge in [-0.25, -0.2) is 8.78 Å². The normalized spacial score (nSPS) is 12.2. The zero-order chi connectivity index (χ0) is 13.0. The molecule has 0 aliphatic carbocycles. The van der Waals surface area contributed by atoms with Crippen LogP contribution < -0.4 is 4.74 Å². The number of benzene rings is 2. The molecule has 0 amide bonds. The number of hydrogen-bond acceptors (Lipinski definition) is 2. The van der Waals surface area contributed by atoms with E-state index >= 15 is 0 Å². The highest BCUT2D eigenvalue weighted by Gasteiger charge is 2.14. The molecule has 0 heterocycles. The van der Waals surface area contributed by atoms with Crippen LogP contribution in [0.4, 0.5) is 8.78 Å². The Morgan fingerprint density at radius 1 is 1.06 bits per heavy atom. The molecule has 1 atom stereocenters. The lowest BCUT2D eigenvalue weighted by atomic mass is 10.1. The summed E-state index contributed by atoms with van der Waals surface area (Å²) in [6, 6.07) is 11.8. The van der Waals surface area contributed by atoms with Gasteiger partial charge in [0.2, 0.25) is 0 Å². The second-order valence-electron chi connectivity index (χ2n) is 3.81. The second kappa shape index (κ2) is 5.60. The lowest BCUT2D eigenvalue weighted by Gasteiger charge is -2.13. The summed E-state index contributed by atoms with van der Waals surface area (Å²) in [6.07, 6.45) is -1.21. The molecule has 0 bridgehead atoms. The van der Waals surface area contributed by atoms with Gasteiger partial charge in [0.1, 0.15) is 30.1 Å². The molecule has 0 spiro atoms. The van der Waals surface area contributed by atoms with Gasteiger partial charge in [0.05, 0.1) is 0 Å². The quantitative estimate of drug-likeness (QED) is 0.903. The van der Waals surface area contributed by atoms with Crippen LogP contribution in [0.1, 0.15) is 11.7 Å². The number of rotatable bonds is 4. The van der Waals surface area contributed by atoms with Crippen molar-refractivity contribution in [3.05, 3.63) is 65.7 Å². The van der Waals surface area contributed by atoms with Crippen molar-refractivity contribution in [3.63, 3.8) is 0 Å². The predicted octanol–water partition coefficient (Wildman–Crippen LogP) is 3.08. The molecule has 0 radical (unpaired) electrons. The molecule has 4 heteroatoms. The smallest absolute Gasteiger partial charge is 0.129 e. The molecule has 2 nitrogen and oxygen atoms in total. The lowest BCUT2D eigenvalue weighted by molar-refractivity contribution is 0.104. The largest absolute Gasteiger partial charge is 0.491 e. The monoisotopic (exact) mass is 250 g/mol. The Hall–Kier alpha value is -1.94. The Morgan fingerprint density at radius 2 is 1.78 bits per heavy atom. The second-order valence-corrected chi connectivity index (χ2v) is 3.81. The SMILES string of the molecule is OC(COc1ccccc1)c1cc(F)ccc1F. The standard InChI is InChI=1S/C14H12F2O2/c15-10-6-7-13(16)12(8-10)14(17)9-18-11-4-2-1-3-5-11/h1-8,14,17H,9H2. The third-order valence-corrected chi connectivity index (χ3v) is 2.47. The van der Waals surface area contributed by atoms with Crippen LogP contribution in [-0.2, 0) is 0 Å². The summed E-state index contributed by atoms with van der Waals surface area (Å²) in [7, 11) is 0. The summed E-state index contributed by atoms with van der Waals surface area (Å²) in [5.74, 6) is -0.681. The summed E-state index contributed by atoms with van der Waals surface area (Å²) in [5, 5.41) is 9.76. The Bertz CT molecular complexity index is 514. The molecule has 1 unspecified atom stereocenters. The van der Waals surface area contributed by atoms with Crippen LogP contribution in [0.3, 0.4) is 0 Å². The van der Waals surface area contributed by atoms with Crippen molar-refractivity contribution in [1.29, 1.82) is 0 Å². The summed E-state index contributed by atoms with van der Waals surface area (Å²) in [4.78, 5) is 0. The van der Waals surface area contributed by atoms with Gasteiger partial charge in [0.25, 0.3) is 0 Å². The van der Waals surface area contributed by atoms with Crippen molar-refractivity contribution in [3.8, 4) is 5.75 Å². The van der Waals surface area contributed by atoms with Crippen LogP contribution in [0.5, 0.6) is 5.75 Å². The molecule has 0 aromatic heterocycles. The van der Waals surface area contributed by atoms with Gasteiger partial charge in [-0.15, -0.1) is 0 Å². The Kier molecular flexibility index (Phi) is 3.89. The van der Waals surface area contributed by atoms with E-state index in [4.69, 9.17) is 4.74 Å². The van der Waals surface area contributed by atoms with Crippen molar-refractivity contribution in [2.45, 2.75) is 6.10 Å². The number of aliphatic hydroxyl groups is 1. The highest BCUT2D eigenvalue weighted by atomic mass is 19.1. The van der Waals surface area contributed by atoms with Crippen molar-refractivity contribution in [2.24, 2.45) is 0 Å². The third kappa shape index (κ3) is 3.05. The fourth-order valence-electron chi connectivity index (χ4n) is 1.55. The molecule has 2 aromatic rings. The predicted molar refractivity (Wildman–Crippen MR) is 63.3 cm³/mol. The van der Waals surface area contributed by atoms with Crippen molar-refractivity contribution >= 4 is 0 Å². The van der Waals surface area contributed by atoms with Gasteiger partial charge in [0, 0.05) is 5.56 Å². The minimum absolute atomic E-state index is 0.106. The molecule has 1 N–H and O–H groups in total. The van der Waals surface area contributed by atoms with Crippen LogP contribution in [-0.4, -0.2) is 11.7 Å². The van der Waals surface area contributed by atoms with Crippen LogP contribution >= 0.6 is 0 Å². The molecule has 18 heavy (non-hydrogen) atoms. The first-order chi connectivity index (χ1) is 8.66. The lowest BCUT2D eigenvalue weighted by Crippen LogP contribution is -2.11. The molecule has 2 rings (SSSR count). The van der Waals surface area contributed by atoms with E-state index in [-0.39, 0.29) is 12.2 Å². The minimum Gasteiger partial charge on any atom is -0.491 e. The average molecular weight is 250 g/mol. The molecule has 0 aliphatic heterocycles. The Balaban J connectivity index is 2.03. The van der Waals surface area contributed by atoms with E-state index in [1.807, 2.05) is 6.07 Å². The van der Waals surface area contributed by atoms with Crippen LogP contribution in [0.15, 0.2) is 48.5 Å². The first kappa shape index (κ1) is 12.5. The number of para-hydroxylation sites is 1. The Labute approximate surface area is 103 Å². The van der Waals surface area contributed by atoms with E-state index in [0.29, 0.717) is 5.75 Å². The summed E-state index contributed by atoms with van der Waals surface area (Å²) >= 11 is 0. The van der Waals surface area contributed by atoms with Gasteiger partial charge in [-0.05, 0) is 30.3 Å². The van der Waals surface area contributed by atoms with E-state index in [9.17, 15) is 13.9 Å². The van der Waals surface area contributed by atoms with Crippen LogP contribution in [0.2, 0.25) is 0 Å². The molecule has 0 saturated carbocycles. The van der Waals surface area contributed by atoms with Gasteiger partial charge >= 0.3 is 0 Å². The van der Waals surface area contributed by atoms with Gasteiger partial charge in [-0.1, -0.05) is 18.2 Å². The number of ether oxygens (including phenoxy) is 1. The maximum Gasteiger partial charge on any atom is 0.129 e. The van der Waals surface area contributed by atoms with Gasteiger partial charge in [0.15, 0.2) is 0 Å². The van der Waals surface area contributed by atoms with Crippen LogP contribution in [0.25, 0.3) is 0 Å². The molecule has 94 valence electrons. The highest BCUT2D eigenvalue weighted by Crippen LogP contribution is 2.19. The molecular formula is C14H12F2O2. The topological polar surface area (TPSA) is 29.5 Å². The van der Waals surface area contributed by atoms with Crippen LogP contribution in [0, 0.1) is 11.6 Å². The number of aliphatic hydroxyl groups excluding tert-OH is 1. The van der Waals surface area contributed by atoms with E-state index in [2.05, 4.69) is 0 Å². The van der Waals surface area contributed by atoms with E-state index in [0.717, 1.165) is 18.2 Å². The van der Waals surface area contributed by atoms with Crippen molar-refractivity contribution in [2.75, 3.05) is 6.61 Å². The van der Waals surface area contributed by atoms with Gasteiger partial charge < -0.3 is 9.84 Å². The maximum absolute atomic E-state index is 13.4. The summed E-state index contributed by atoms with van der Waals surface area (Å²) < 4.78 is 31.6. The van der Waals surface area contributed by atoms with E-state index in [1.165, 1.54) is 0 Å². The number of hydrogen-bond donors (Lipinski definition) is 1. The summed E-state index contributed by atoms with van der Waals surface area (Å²) in [6.45, 7) is -0.135. The Morgan fingerprint density at radius 3 is 2.50 bits per heavy atom. The van der Waals surface area contributed by atoms with Crippen molar-refractivity contribution < 1.29 is 18.6 Å². The molecule has 2 aromatic carbocycles. The van der Waals surface area contributed by atoms with E-state index < -0.39 is 17.7 Å². The molecular weight excluding hydrogens is 238 g/mol. The minimum atomic E-state index is -1.21. The summed E-state index contributed by atoms with van der Waals surface area (Å²) in [5.41, 5.74) is -0.106. The fraction of sp³-hybridized carbons (Fsp3) is 0.143. The average Bonchev–Trinajstić information content (AvgIpc) is 2.40. The number of halogens is 2. The highest BCUT2D eigenvalue weighted by molar-refractivity contribution is 5.23. The zero-order valence-electron chi connectivity index (χ0n) is 9.51. The first-order valence-electron chi connectivity index (χ1n) is 5.47. The molecule has 0 saturated heterocycles. The van der Waals surface area contributed by atoms with E-state index in [1.54, 1.807) is 24.3 Å². The van der Waals surface area contributed by atoms with Crippen molar-refractivity contribution in [1.82, 2.24) is 0 Å². The third-order valence-electron chi connectivity index (χ3n) is 2.47. The fourth-order valence-corrected chi connectivity index (χ4v) is 1.55. The van der Waals surface area contributed by atoms with Gasteiger partial charge in [-0.2, -0.15) is 0 Å².